The Morgan fingerprint density at radius 2 is 2.00 bits per heavy atom. The molecule has 5 nitrogen and oxygen atoms in total. The van der Waals surface area contributed by atoms with Gasteiger partial charge in [0.05, 0.1) is 23.5 Å². The zero-order chi connectivity index (χ0) is 17.1. The van der Waals surface area contributed by atoms with E-state index in [2.05, 4.69) is 16.4 Å². The molecule has 1 heterocycles. The van der Waals surface area contributed by atoms with Crippen LogP contribution in [-0.2, 0) is 7.05 Å². The van der Waals surface area contributed by atoms with Crippen molar-refractivity contribution in [3.05, 3.63) is 71.7 Å². The number of halogens is 1. The largest absolute Gasteiger partial charge is 0.313 e. The van der Waals surface area contributed by atoms with E-state index in [0.717, 1.165) is 11.3 Å². The smallest absolute Gasteiger partial charge is 0.257 e. The van der Waals surface area contributed by atoms with Crippen LogP contribution in [-0.4, -0.2) is 15.5 Å². The molecule has 0 atom stereocenters. The standard InChI is InChI=1S/C18H13FN4O/c1-23-16(14-4-2-3-12(9-14)10-20)11-21-18(23)22-17(24)13-5-7-15(19)8-6-13/h2-9,11H,1H3,(H,21,22,24). The number of nitriles is 1. The van der Waals surface area contributed by atoms with Crippen molar-refractivity contribution in [2.24, 2.45) is 7.05 Å². The van der Waals surface area contributed by atoms with Crippen LogP contribution in [0.15, 0.2) is 54.7 Å². The van der Waals surface area contributed by atoms with E-state index in [1.54, 1.807) is 36.0 Å². The fraction of sp³-hybridized carbons (Fsp3) is 0.0556. The van der Waals surface area contributed by atoms with E-state index in [1.807, 2.05) is 6.07 Å². The Morgan fingerprint density at radius 1 is 1.25 bits per heavy atom. The highest BCUT2D eigenvalue weighted by atomic mass is 19.1. The number of hydrogen-bond acceptors (Lipinski definition) is 3. The number of aromatic nitrogens is 2. The monoisotopic (exact) mass is 320 g/mol. The van der Waals surface area contributed by atoms with Crippen LogP contribution in [0.1, 0.15) is 15.9 Å². The third kappa shape index (κ3) is 3.01. The number of anilines is 1. The molecule has 6 heteroatoms. The van der Waals surface area contributed by atoms with Crippen molar-refractivity contribution in [3.63, 3.8) is 0 Å². The molecule has 0 unspecified atom stereocenters. The second-order valence-electron chi connectivity index (χ2n) is 5.18. The van der Waals surface area contributed by atoms with Gasteiger partial charge in [-0.2, -0.15) is 5.26 Å². The summed E-state index contributed by atoms with van der Waals surface area (Å²) in [4.78, 5) is 16.4. The molecule has 0 radical (unpaired) electrons. The van der Waals surface area contributed by atoms with Gasteiger partial charge in [-0.15, -0.1) is 0 Å². The molecule has 3 aromatic rings. The van der Waals surface area contributed by atoms with Crippen LogP contribution in [0.25, 0.3) is 11.3 Å². The first-order valence-electron chi connectivity index (χ1n) is 7.17. The molecule has 24 heavy (non-hydrogen) atoms. The number of carbonyl (C=O) groups excluding carboxylic acids is 1. The van der Waals surface area contributed by atoms with E-state index in [-0.39, 0.29) is 5.91 Å². The molecule has 0 aliphatic heterocycles. The van der Waals surface area contributed by atoms with E-state index >= 15 is 0 Å². The second kappa shape index (κ2) is 6.34. The molecular formula is C18H13FN4O. The summed E-state index contributed by atoms with van der Waals surface area (Å²) in [6.07, 6.45) is 1.62. The van der Waals surface area contributed by atoms with E-state index < -0.39 is 5.82 Å². The van der Waals surface area contributed by atoms with Crippen LogP contribution in [0.2, 0.25) is 0 Å². The number of amides is 1. The van der Waals surface area contributed by atoms with Gasteiger partial charge in [0.2, 0.25) is 5.95 Å². The second-order valence-corrected chi connectivity index (χ2v) is 5.18. The van der Waals surface area contributed by atoms with Gasteiger partial charge in [0.25, 0.3) is 5.91 Å². The number of rotatable bonds is 3. The highest BCUT2D eigenvalue weighted by Gasteiger charge is 2.13. The summed E-state index contributed by atoms with van der Waals surface area (Å²) in [6, 6.07) is 14.5. The molecular weight excluding hydrogens is 307 g/mol. The number of imidazole rings is 1. The summed E-state index contributed by atoms with van der Waals surface area (Å²) in [5, 5.41) is 11.7. The molecule has 3 rings (SSSR count). The Hall–Kier alpha value is -3.46. The first-order valence-corrected chi connectivity index (χ1v) is 7.17. The Kier molecular flexibility index (Phi) is 4.08. The van der Waals surface area contributed by atoms with Gasteiger partial charge in [-0.1, -0.05) is 12.1 Å². The quantitative estimate of drug-likeness (QED) is 0.804. The Morgan fingerprint density at radius 3 is 2.71 bits per heavy atom. The predicted molar refractivity (Wildman–Crippen MR) is 87.7 cm³/mol. The molecule has 0 saturated heterocycles. The van der Waals surface area contributed by atoms with Crippen LogP contribution in [0.3, 0.4) is 0 Å². The molecule has 0 spiro atoms. The van der Waals surface area contributed by atoms with Crippen molar-refractivity contribution in [1.29, 1.82) is 5.26 Å². The summed E-state index contributed by atoms with van der Waals surface area (Å²) in [6.45, 7) is 0. The minimum absolute atomic E-state index is 0.340. The average Bonchev–Trinajstić information content (AvgIpc) is 2.96. The van der Waals surface area contributed by atoms with Crippen molar-refractivity contribution in [2.45, 2.75) is 0 Å². The minimum Gasteiger partial charge on any atom is -0.313 e. The Balaban J connectivity index is 1.86. The average molecular weight is 320 g/mol. The highest BCUT2D eigenvalue weighted by molar-refractivity contribution is 6.03. The fourth-order valence-electron chi connectivity index (χ4n) is 2.32. The van der Waals surface area contributed by atoms with Crippen LogP contribution in [0.5, 0.6) is 0 Å². The highest BCUT2D eigenvalue weighted by Crippen LogP contribution is 2.23. The van der Waals surface area contributed by atoms with Crippen molar-refractivity contribution in [3.8, 4) is 17.3 Å². The summed E-state index contributed by atoms with van der Waals surface area (Å²) >= 11 is 0. The van der Waals surface area contributed by atoms with Crippen molar-refractivity contribution in [2.75, 3.05) is 5.32 Å². The Labute approximate surface area is 138 Å². The summed E-state index contributed by atoms with van der Waals surface area (Å²) < 4.78 is 14.6. The fourth-order valence-corrected chi connectivity index (χ4v) is 2.32. The maximum Gasteiger partial charge on any atom is 0.257 e. The van der Waals surface area contributed by atoms with Crippen LogP contribution in [0, 0.1) is 17.1 Å². The van der Waals surface area contributed by atoms with Gasteiger partial charge in [-0.3, -0.25) is 10.1 Å². The summed E-state index contributed by atoms with van der Waals surface area (Å²) in [5.74, 6) is -0.411. The van der Waals surface area contributed by atoms with Gasteiger partial charge in [-0.25, -0.2) is 9.37 Å². The number of carbonyl (C=O) groups is 1. The van der Waals surface area contributed by atoms with E-state index in [4.69, 9.17) is 5.26 Å². The summed E-state index contributed by atoms with van der Waals surface area (Å²) in [5.41, 5.74) is 2.48. The number of nitrogens with one attached hydrogen (secondary N) is 1. The van der Waals surface area contributed by atoms with Gasteiger partial charge in [0.1, 0.15) is 5.82 Å². The van der Waals surface area contributed by atoms with E-state index in [0.29, 0.717) is 17.1 Å². The number of nitrogens with zero attached hydrogens (tertiary/aromatic N) is 3. The normalized spacial score (nSPS) is 10.2. The maximum atomic E-state index is 12.9. The summed E-state index contributed by atoms with van der Waals surface area (Å²) in [7, 11) is 1.77. The lowest BCUT2D eigenvalue weighted by molar-refractivity contribution is 0.102. The maximum absolute atomic E-state index is 12.9. The first-order chi connectivity index (χ1) is 11.6. The van der Waals surface area contributed by atoms with Crippen LogP contribution in [0.4, 0.5) is 10.3 Å². The molecule has 0 saturated carbocycles. The predicted octanol–water partition coefficient (Wildman–Crippen LogP) is 3.35. The van der Waals surface area contributed by atoms with Crippen molar-refractivity contribution < 1.29 is 9.18 Å². The number of hydrogen-bond donors (Lipinski definition) is 1. The minimum atomic E-state index is -0.400. The van der Waals surface area contributed by atoms with Crippen LogP contribution < -0.4 is 5.32 Å². The lowest BCUT2D eigenvalue weighted by Crippen LogP contribution is -2.15. The lowest BCUT2D eigenvalue weighted by Gasteiger charge is -2.08. The van der Waals surface area contributed by atoms with E-state index in [9.17, 15) is 9.18 Å². The van der Waals surface area contributed by atoms with E-state index in [1.165, 1.54) is 24.3 Å². The number of benzene rings is 2. The third-order valence-corrected chi connectivity index (χ3v) is 3.61. The molecule has 118 valence electrons. The van der Waals surface area contributed by atoms with Crippen molar-refractivity contribution in [1.82, 2.24) is 9.55 Å². The van der Waals surface area contributed by atoms with Gasteiger partial charge < -0.3 is 4.57 Å². The van der Waals surface area contributed by atoms with Gasteiger partial charge in [-0.05, 0) is 36.4 Å². The van der Waals surface area contributed by atoms with Crippen molar-refractivity contribution >= 4 is 11.9 Å². The molecule has 0 aliphatic carbocycles. The molecule has 1 aromatic heterocycles. The van der Waals surface area contributed by atoms with Gasteiger partial charge >= 0.3 is 0 Å². The molecule has 1 N–H and O–H groups in total. The zero-order valence-electron chi connectivity index (χ0n) is 12.8. The lowest BCUT2D eigenvalue weighted by atomic mass is 10.1. The molecule has 1 amide bonds. The van der Waals surface area contributed by atoms with Gasteiger partial charge in [0.15, 0.2) is 0 Å². The molecule has 0 aliphatic rings. The molecule has 0 bridgehead atoms. The van der Waals surface area contributed by atoms with Gasteiger partial charge in [0, 0.05) is 18.2 Å². The topological polar surface area (TPSA) is 70.7 Å². The third-order valence-electron chi connectivity index (χ3n) is 3.61. The first kappa shape index (κ1) is 15.4. The SMILES string of the molecule is Cn1c(-c2cccc(C#N)c2)cnc1NC(=O)c1ccc(F)cc1. The van der Waals surface area contributed by atoms with Crippen LogP contribution >= 0.6 is 0 Å². The molecule has 0 fully saturated rings. The zero-order valence-corrected chi connectivity index (χ0v) is 12.8. The Bertz CT molecular complexity index is 938. The molecule has 2 aromatic carbocycles.